The van der Waals surface area contributed by atoms with Crippen molar-refractivity contribution in [1.82, 2.24) is 51.6 Å². The van der Waals surface area contributed by atoms with E-state index in [4.69, 9.17) is 15.2 Å². The number of piperazine rings is 1. The Labute approximate surface area is 476 Å². The first-order valence-electron chi connectivity index (χ1n) is 28.3. The van der Waals surface area contributed by atoms with E-state index in [1.165, 1.54) is 9.80 Å². The fourth-order valence-electron chi connectivity index (χ4n) is 11.4. The van der Waals surface area contributed by atoms with E-state index >= 15 is 28.8 Å². The van der Waals surface area contributed by atoms with Crippen molar-refractivity contribution in [2.75, 3.05) is 52.4 Å². The number of nitrogens with two attached hydrogens (primary N) is 1. The predicted molar refractivity (Wildman–Crippen MR) is 307 cm³/mol. The van der Waals surface area contributed by atoms with Gasteiger partial charge in [-0.1, -0.05) is 115 Å². The number of fused-ring (bicyclic) bond motifs is 4. The van der Waals surface area contributed by atoms with Gasteiger partial charge in [-0.15, -0.1) is 0 Å². The summed E-state index contributed by atoms with van der Waals surface area (Å²) in [6.07, 6.45) is 0.329. The molecule has 4 aliphatic heterocycles. The van der Waals surface area contributed by atoms with Gasteiger partial charge >= 0.3 is 6.09 Å². The van der Waals surface area contributed by atoms with Gasteiger partial charge in [0.1, 0.15) is 54.7 Å². The van der Waals surface area contributed by atoms with Crippen molar-refractivity contribution in [3.8, 4) is 5.75 Å². The first-order chi connectivity index (χ1) is 40.0. The second kappa shape index (κ2) is 26.8. The summed E-state index contributed by atoms with van der Waals surface area (Å²) in [5.41, 5.74) is 11.3. The molecule has 0 spiro atoms. The molecule has 20 heteroatoms. The number of ether oxygens (including phenoxy) is 2. The third-order valence-electron chi connectivity index (χ3n) is 15.8. The monoisotopic (exact) mass is 1110 g/mol. The molecule has 3 fully saturated rings. The van der Waals surface area contributed by atoms with Gasteiger partial charge in [0.25, 0.3) is 0 Å². The smallest absolute Gasteiger partial charge is 0.407 e. The van der Waals surface area contributed by atoms with Crippen LogP contribution in [0.4, 0.5) is 4.79 Å². The first-order valence-corrected chi connectivity index (χ1v) is 28.3. The summed E-state index contributed by atoms with van der Waals surface area (Å²) < 4.78 is 11.9. The Hall–Kier alpha value is -8.59. The molecule has 7 amide bonds. The number of aromatic amines is 1. The number of benzene rings is 5. The van der Waals surface area contributed by atoms with Crippen LogP contribution >= 0.6 is 0 Å². The summed E-state index contributed by atoms with van der Waals surface area (Å²) in [6.45, 7) is 2.85. The van der Waals surface area contributed by atoms with E-state index in [-0.39, 0.29) is 64.8 Å². The van der Waals surface area contributed by atoms with Gasteiger partial charge in [0.15, 0.2) is 0 Å². The third kappa shape index (κ3) is 14.1. The van der Waals surface area contributed by atoms with Gasteiger partial charge in [-0.2, -0.15) is 0 Å². The fraction of sp³-hybridized carbons (Fsp3) is 0.371. The molecule has 4 aliphatic rings. The van der Waals surface area contributed by atoms with Crippen LogP contribution < -0.4 is 42.4 Å². The van der Waals surface area contributed by atoms with Crippen molar-refractivity contribution < 1.29 is 43.0 Å². The number of H-pyrrole nitrogens is 1. The number of nitrogens with zero attached hydrogens (tertiary/aromatic N) is 3. The van der Waals surface area contributed by atoms with Crippen LogP contribution in [-0.4, -0.2) is 156 Å². The number of aromatic nitrogens is 1. The maximum atomic E-state index is 15.8. The number of alkyl carbamates (subject to hydrolysis) is 1. The van der Waals surface area contributed by atoms with E-state index in [1.54, 1.807) is 18.3 Å². The van der Waals surface area contributed by atoms with Crippen molar-refractivity contribution in [1.29, 1.82) is 0 Å². The van der Waals surface area contributed by atoms with Gasteiger partial charge in [0, 0.05) is 95.1 Å². The molecule has 9 N–H and O–H groups in total. The fourth-order valence-corrected chi connectivity index (χ4v) is 11.4. The van der Waals surface area contributed by atoms with E-state index < -0.39 is 83.9 Å². The van der Waals surface area contributed by atoms with E-state index in [0.29, 0.717) is 56.1 Å². The molecule has 0 radical (unpaired) electrons. The lowest BCUT2D eigenvalue weighted by atomic mass is 9.91. The maximum Gasteiger partial charge on any atom is 0.407 e. The van der Waals surface area contributed by atoms with Crippen molar-refractivity contribution >= 4 is 52.4 Å². The lowest BCUT2D eigenvalue weighted by Crippen LogP contribution is -2.64. The van der Waals surface area contributed by atoms with Gasteiger partial charge in [-0.25, -0.2) is 4.79 Å². The molecule has 10 rings (SSSR count). The van der Waals surface area contributed by atoms with Crippen LogP contribution in [0, 0.1) is 0 Å². The average molecular weight is 1110 g/mol. The largest absolute Gasteiger partial charge is 0.489 e. The lowest BCUT2D eigenvalue weighted by molar-refractivity contribution is -0.151. The zero-order valence-corrected chi connectivity index (χ0v) is 45.7. The number of para-hydroxylation sites is 1. The number of rotatable bonds is 15. The highest BCUT2D eigenvalue weighted by atomic mass is 16.6. The molecule has 7 atom stereocenters. The van der Waals surface area contributed by atoms with Crippen LogP contribution in [0.25, 0.3) is 10.9 Å². The number of carbonyl (C=O) groups excluding carboxylic acids is 7. The standard InChI is InChI=1S/C62H71N11O9/c63-25-26-65-62(80)82-47-34-54-59(77)67-50(24-21-40-11-3-1-4-12-40)56(74)68-51(32-45-35-66-49-18-10-9-17-48(45)49)57(75)70-53(38-71-29-27-64-28-30-71)58(76)69-52(31-41-19-22-46(23-20-41)81-39-42-13-5-2-6-14-42)60(78)72-36-44-16-8-7-15-43(44)33-55(72)61(79)73(54)37-47/h1-20,22-23,35,47,50-55,64,66H,21,24-34,36-39,63H2,(H,65,80)(H,67,77)(H,68,74)(H,69,76)(H,70,75)/t47-,50-,51-,52+,53+,54+,55+/m1/s1. The zero-order chi connectivity index (χ0) is 57.0. The third-order valence-corrected chi connectivity index (χ3v) is 15.8. The van der Waals surface area contributed by atoms with Crippen LogP contribution in [0.2, 0.25) is 0 Å². The Morgan fingerprint density at radius 1 is 0.622 bits per heavy atom. The molecule has 1 aromatic heterocycles. The molecule has 6 aromatic rings. The van der Waals surface area contributed by atoms with E-state index in [1.807, 2.05) is 121 Å². The molecule has 0 bridgehead atoms. The molecule has 5 heterocycles. The minimum atomic E-state index is -1.29. The van der Waals surface area contributed by atoms with Crippen molar-refractivity contribution in [3.05, 3.63) is 173 Å². The molecular formula is C62H71N11O9. The Kier molecular flexibility index (Phi) is 18.5. The minimum Gasteiger partial charge on any atom is -0.489 e. The number of aryl methyl sites for hydroxylation is 1. The lowest BCUT2D eigenvalue weighted by Gasteiger charge is -2.40. The van der Waals surface area contributed by atoms with Gasteiger partial charge in [-0.05, 0) is 64.4 Å². The van der Waals surface area contributed by atoms with Crippen molar-refractivity contribution in [2.45, 2.75) is 94.0 Å². The van der Waals surface area contributed by atoms with Crippen molar-refractivity contribution in [3.63, 3.8) is 0 Å². The molecule has 3 saturated heterocycles. The summed E-state index contributed by atoms with van der Waals surface area (Å²) in [5.74, 6) is -3.24. The van der Waals surface area contributed by atoms with Crippen LogP contribution in [0.5, 0.6) is 5.75 Å². The normalized spacial score (nSPS) is 23.0. The quantitative estimate of drug-likeness (QED) is 0.0739. The predicted octanol–water partition coefficient (Wildman–Crippen LogP) is 2.63. The van der Waals surface area contributed by atoms with Crippen LogP contribution in [0.1, 0.15) is 46.2 Å². The summed E-state index contributed by atoms with van der Waals surface area (Å²) in [7, 11) is 0. The topological polar surface area (TPSA) is 262 Å². The Bertz CT molecular complexity index is 3210. The SMILES string of the molecule is NCCNC(=O)O[C@@H]1C[C@H]2C(=O)N[C@H](CCc3ccccc3)C(=O)N[C@H](Cc3c[nH]c4ccccc34)C(=O)N[C@@H](CN3CCNCC3)C(=O)N[C@@H](Cc3ccc(OCc4ccccc4)cc3)C(=O)N3Cc4ccccc4C[C@H]3C(=O)N2C1. The summed E-state index contributed by atoms with van der Waals surface area (Å²) in [5, 5.41) is 18.8. The van der Waals surface area contributed by atoms with Crippen LogP contribution in [-0.2, 0) is 72.3 Å². The molecule has 0 saturated carbocycles. The molecule has 0 aliphatic carbocycles. The molecule has 0 unspecified atom stereocenters. The summed E-state index contributed by atoms with van der Waals surface area (Å²) in [6, 6.07) is 33.9. The highest BCUT2D eigenvalue weighted by molar-refractivity contribution is 5.99. The number of amides is 7. The van der Waals surface area contributed by atoms with Gasteiger partial charge in [-0.3, -0.25) is 33.7 Å². The Morgan fingerprint density at radius 3 is 2.02 bits per heavy atom. The molecule has 20 nitrogen and oxygen atoms in total. The number of nitrogens with one attached hydrogen (secondary N) is 7. The maximum absolute atomic E-state index is 15.8. The van der Waals surface area contributed by atoms with Crippen molar-refractivity contribution in [2.24, 2.45) is 5.73 Å². The van der Waals surface area contributed by atoms with Crippen LogP contribution in [0.3, 0.4) is 0 Å². The first kappa shape index (κ1) is 56.7. The second-order valence-corrected chi connectivity index (χ2v) is 21.4. The Morgan fingerprint density at radius 2 is 1.27 bits per heavy atom. The number of hydrogen-bond donors (Lipinski definition) is 8. The second-order valence-electron chi connectivity index (χ2n) is 21.4. The zero-order valence-electron chi connectivity index (χ0n) is 45.7. The molecule has 82 heavy (non-hydrogen) atoms. The van der Waals surface area contributed by atoms with Gasteiger partial charge in [0.05, 0.1) is 6.54 Å². The minimum absolute atomic E-state index is 0.0109. The van der Waals surface area contributed by atoms with E-state index in [9.17, 15) is 4.79 Å². The molecule has 428 valence electrons. The molecular weight excluding hydrogens is 1040 g/mol. The van der Waals surface area contributed by atoms with E-state index in [0.717, 1.165) is 33.2 Å². The Balaban J connectivity index is 1.05. The highest BCUT2D eigenvalue weighted by Gasteiger charge is 2.48. The van der Waals surface area contributed by atoms with E-state index in [2.05, 4.69) is 41.8 Å². The van der Waals surface area contributed by atoms with Gasteiger partial charge in [0.2, 0.25) is 35.4 Å². The van der Waals surface area contributed by atoms with Gasteiger partial charge < -0.3 is 61.9 Å². The number of hydrogen-bond acceptors (Lipinski definition) is 12. The van der Waals surface area contributed by atoms with Crippen LogP contribution in [0.15, 0.2) is 140 Å². The number of carbonyl (C=O) groups is 7. The summed E-state index contributed by atoms with van der Waals surface area (Å²) >= 11 is 0. The highest BCUT2D eigenvalue weighted by Crippen LogP contribution is 2.30. The summed E-state index contributed by atoms with van der Waals surface area (Å²) in [4.78, 5) is 114. The molecule has 5 aromatic carbocycles. The average Bonchev–Trinajstić information content (AvgIpc) is 4.30.